The molecule has 0 aliphatic rings. The summed E-state index contributed by atoms with van der Waals surface area (Å²) in [5.74, 6) is 0. The first-order valence-electron chi connectivity index (χ1n) is 7.14. The second-order valence-electron chi connectivity index (χ2n) is 6.63. The van der Waals surface area contributed by atoms with E-state index in [-0.39, 0.29) is 0 Å². The largest absolute Gasteiger partial charge is 0.310 e. The third-order valence-electron chi connectivity index (χ3n) is 3.26. The van der Waals surface area contributed by atoms with Crippen molar-refractivity contribution in [1.29, 1.82) is 0 Å². The highest BCUT2D eigenvalue weighted by atomic mass is 14.9. The van der Waals surface area contributed by atoms with Crippen molar-refractivity contribution in [2.24, 2.45) is 5.41 Å². The van der Waals surface area contributed by atoms with Crippen molar-refractivity contribution in [3.63, 3.8) is 0 Å². The maximum atomic E-state index is 3.70. The van der Waals surface area contributed by atoms with Gasteiger partial charge in [-0.1, -0.05) is 51.5 Å². The molecule has 0 spiro atoms. The smallest absolute Gasteiger partial charge is 0.0327 e. The third kappa shape index (κ3) is 4.81. The lowest BCUT2D eigenvalue weighted by atomic mass is 9.84. The van der Waals surface area contributed by atoms with Gasteiger partial charge in [0.1, 0.15) is 0 Å². The van der Waals surface area contributed by atoms with Crippen LogP contribution in [0.3, 0.4) is 0 Å². The standard InChI is InChI=1S/C17H29N/c1-7-10-18-16(12-17(4,5)6)15-9-8-13(2)11-14(15)3/h8-9,11,16,18H,7,10,12H2,1-6H3. The summed E-state index contributed by atoms with van der Waals surface area (Å²) in [5.41, 5.74) is 4.57. The highest BCUT2D eigenvalue weighted by Gasteiger charge is 2.20. The van der Waals surface area contributed by atoms with E-state index >= 15 is 0 Å². The van der Waals surface area contributed by atoms with Crippen LogP contribution in [0.4, 0.5) is 0 Å². The Hall–Kier alpha value is -0.820. The zero-order valence-electron chi connectivity index (χ0n) is 12.9. The van der Waals surface area contributed by atoms with Gasteiger partial charge in [0.25, 0.3) is 0 Å². The Labute approximate surface area is 113 Å². The van der Waals surface area contributed by atoms with Crippen molar-refractivity contribution in [3.8, 4) is 0 Å². The van der Waals surface area contributed by atoms with Gasteiger partial charge in [0.15, 0.2) is 0 Å². The summed E-state index contributed by atoms with van der Waals surface area (Å²) in [4.78, 5) is 0. The maximum Gasteiger partial charge on any atom is 0.0327 e. The minimum Gasteiger partial charge on any atom is -0.310 e. The maximum absolute atomic E-state index is 3.70. The fourth-order valence-electron chi connectivity index (χ4n) is 2.44. The van der Waals surface area contributed by atoms with Crippen LogP contribution in [0.15, 0.2) is 18.2 Å². The predicted molar refractivity (Wildman–Crippen MR) is 81.0 cm³/mol. The van der Waals surface area contributed by atoms with E-state index in [0.29, 0.717) is 11.5 Å². The summed E-state index contributed by atoms with van der Waals surface area (Å²) in [6.07, 6.45) is 2.36. The number of hydrogen-bond donors (Lipinski definition) is 1. The lowest BCUT2D eigenvalue weighted by molar-refractivity contribution is 0.311. The summed E-state index contributed by atoms with van der Waals surface area (Å²) >= 11 is 0. The average Bonchev–Trinajstić information content (AvgIpc) is 2.23. The van der Waals surface area contributed by atoms with Gasteiger partial charge in [-0.15, -0.1) is 0 Å². The molecule has 0 amide bonds. The SMILES string of the molecule is CCCNC(CC(C)(C)C)c1ccc(C)cc1C. The Bertz CT molecular complexity index is 374. The minimum absolute atomic E-state index is 0.350. The van der Waals surface area contributed by atoms with Gasteiger partial charge in [-0.3, -0.25) is 0 Å². The van der Waals surface area contributed by atoms with Gasteiger partial charge < -0.3 is 5.32 Å². The van der Waals surface area contributed by atoms with E-state index in [1.165, 1.54) is 29.5 Å². The van der Waals surface area contributed by atoms with Gasteiger partial charge in [-0.05, 0) is 49.8 Å². The molecule has 0 aliphatic heterocycles. The molecule has 0 aliphatic carbocycles. The van der Waals surface area contributed by atoms with Gasteiger partial charge >= 0.3 is 0 Å². The Kier molecular flexibility index (Phi) is 5.40. The first-order chi connectivity index (χ1) is 8.33. The molecule has 0 radical (unpaired) electrons. The summed E-state index contributed by atoms with van der Waals surface area (Å²) in [6.45, 7) is 14.7. The highest BCUT2D eigenvalue weighted by Crippen LogP contribution is 2.31. The number of rotatable bonds is 5. The van der Waals surface area contributed by atoms with Crippen molar-refractivity contribution in [2.75, 3.05) is 6.54 Å². The molecule has 1 atom stereocenters. The van der Waals surface area contributed by atoms with Crippen LogP contribution < -0.4 is 5.32 Å². The average molecular weight is 247 g/mol. The van der Waals surface area contributed by atoms with E-state index in [4.69, 9.17) is 0 Å². The van der Waals surface area contributed by atoms with Gasteiger partial charge in [0, 0.05) is 6.04 Å². The third-order valence-corrected chi connectivity index (χ3v) is 3.26. The van der Waals surface area contributed by atoms with E-state index in [0.717, 1.165) is 6.54 Å². The molecule has 1 aromatic carbocycles. The van der Waals surface area contributed by atoms with Crippen LogP contribution in [0.1, 0.15) is 63.3 Å². The molecule has 0 saturated heterocycles. The Morgan fingerprint density at radius 1 is 1.17 bits per heavy atom. The molecular weight excluding hydrogens is 218 g/mol. The van der Waals surface area contributed by atoms with Crippen LogP contribution in [0.5, 0.6) is 0 Å². The zero-order valence-corrected chi connectivity index (χ0v) is 12.9. The van der Waals surface area contributed by atoms with Crippen LogP contribution in [-0.4, -0.2) is 6.54 Å². The van der Waals surface area contributed by atoms with Gasteiger partial charge in [0.05, 0.1) is 0 Å². The van der Waals surface area contributed by atoms with E-state index in [1.54, 1.807) is 0 Å². The molecular formula is C17H29N. The number of aryl methyl sites for hydroxylation is 2. The van der Waals surface area contributed by atoms with Crippen molar-refractivity contribution in [2.45, 2.75) is 60.4 Å². The van der Waals surface area contributed by atoms with Crippen LogP contribution >= 0.6 is 0 Å². The van der Waals surface area contributed by atoms with E-state index in [2.05, 4.69) is 65.1 Å². The van der Waals surface area contributed by atoms with Gasteiger partial charge in [-0.25, -0.2) is 0 Å². The molecule has 1 rings (SSSR count). The first kappa shape index (κ1) is 15.2. The minimum atomic E-state index is 0.350. The molecule has 102 valence electrons. The van der Waals surface area contributed by atoms with Crippen LogP contribution in [0.25, 0.3) is 0 Å². The molecule has 1 heteroatoms. The van der Waals surface area contributed by atoms with Crippen molar-refractivity contribution in [1.82, 2.24) is 5.32 Å². The molecule has 1 N–H and O–H groups in total. The van der Waals surface area contributed by atoms with E-state index < -0.39 is 0 Å². The van der Waals surface area contributed by atoms with Gasteiger partial charge in [0.2, 0.25) is 0 Å². The first-order valence-corrected chi connectivity index (χ1v) is 7.14. The second kappa shape index (κ2) is 6.38. The highest BCUT2D eigenvalue weighted by molar-refractivity contribution is 5.33. The molecule has 0 saturated carbocycles. The topological polar surface area (TPSA) is 12.0 Å². The number of benzene rings is 1. The van der Waals surface area contributed by atoms with Crippen molar-refractivity contribution < 1.29 is 0 Å². The predicted octanol–water partition coefficient (Wildman–Crippen LogP) is 4.78. The molecule has 1 nitrogen and oxygen atoms in total. The number of nitrogens with one attached hydrogen (secondary N) is 1. The quantitative estimate of drug-likeness (QED) is 0.789. The number of hydrogen-bond acceptors (Lipinski definition) is 1. The molecule has 0 aromatic heterocycles. The van der Waals surface area contributed by atoms with Crippen molar-refractivity contribution >= 4 is 0 Å². The zero-order chi connectivity index (χ0) is 13.8. The van der Waals surface area contributed by atoms with Crippen molar-refractivity contribution in [3.05, 3.63) is 34.9 Å². The van der Waals surface area contributed by atoms with E-state index in [9.17, 15) is 0 Å². The summed E-state index contributed by atoms with van der Waals surface area (Å²) in [7, 11) is 0. The van der Waals surface area contributed by atoms with Crippen LogP contribution in [0.2, 0.25) is 0 Å². The van der Waals surface area contributed by atoms with Gasteiger partial charge in [-0.2, -0.15) is 0 Å². The summed E-state index contributed by atoms with van der Waals surface area (Å²) < 4.78 is 0. The van der Waals surface area contributed by atoms with E-state index in [1.807, 2.05) is 0 Å². The molecule has 0 fully saturated rings. The van der Waals surface area contributed by atoms with Crippen LogP contribution in [-0.2, 0) is 0 Å². The fourth-order valence-corrected chi connectivity index (χ4v) is 2.44. The Morgan fingerprint density at radius 2 is 1.83 bits per heavy atom. The molecule has 0 heterocycles. The summed E-state index contributed by atoms with van der Waals surface area (Å²) in [6, 6.07) is 7.29. The lowest BCUT2D eigenvalue weighted by Gasteiger charge is -2.28. The lowest BCUT2D eigenvalue weighted by Crippen LogP contribution is -2.27. The molecule has 0 bridgehead atoms. The molecule has 1 aromatic rings. The molecule has 1 unspecified atom stereocenters. The Morgan fingerprint density at radius 3 is 2.33 bits per heavy atom. The summed E-state index contributed by atoms with van der Waals surface area (Å²) in [5, 5.41) is 3.70. The normalized spacial score (nSPS) is 13.7. The second-order valence-corrected chi connectivity index (χ2v) is 6.63. The fraction of sp³-hybridized carbons (Fsp3) is 0.647. The molecule has 18 heavy (non-hydrogen) atoms. The Balaban J connectivity index is 2.93. The monoisotopic (exact) mass is 247 g/mol. The van der Waals surface area contributed by atoms with Crippen LogP contribution in [0, 0.1) is 19.3 Å².